The Morgan fingerprint density at radius 2 is 1.88 bits per heavy atom. The second kappa shape index (κ2) is 2.10. The smallest absolute Gasteiger partial charge is 0.145 e. The number of hydrogen-bond acceptors (Lipinski definition) is 0. The summed E-state index contributed by atoms with van der Waals surface area (Å²) in [6.07, 6.45) is 7.05. The monoisotopic (exact) mass is 124 g/mol. The summed E-state index contributed by atoms with van der Waals surface area (Å²) in [5.74, 6) is 0. The van der Waals surface area contributed by atoms with E-state index in [0.29, 0.717) is 0 Å². The second-order valence-corrected chi connectivity index (χ2v) is 1.99. The molecule has 0 nitrogen and oxygen atoms in total. The molecule has 0 saturated carbocycles. The highest BCUT2D eigenvalue weighted by Gasteiger charge is 2.05. The van der Waals surface area contributed by atoms with Crippen LogP contribution in [0.5, 0.6) is 0 Å². The van der Waals surface area contributed by atoms with Crippen LogP contribution in [0.4, 0.5) is 0 Å². The van der Waals surface area contributed by atoms with Crippen LogP contribution in [0.15, 0.2) is 29.9 Å². The average Bonchev–Trinajstić information content (AvgIpc) is 1.77. The molecule has 0 aromatic heterocycles. The fourth-order valence-electron chi connectivity index (χ4n) is 0.463. The van der Waals surface area contributed by atoms with E-state index in [-0.39, 0.29) is 0 Å². The average molecular weight is 125 g/mol. The Morgan fingerprint density at radius 1 is 1.38 bits per heavy atom. The van der Waals surface area contributed by atoms with Gasteiger partial charge in [-0.15, -0.1) is 0 Å². The molecule has 1 rings (SSSR count). The quantitative estimate of drug-likeness (QED) is 0.435. The van der Waals surface area contributed by atoms with Crippen molar-refractivity contribution in [2.24, 2.45) is 0 Å². The molecule has 0 bridgehead atoms. The van der Waals surface area contributed by atoms with E-state index in [9.17, 15) is 0 Å². The highest BCUT2D eigenvalue weighted by molar-refractivity contribution is 6.30. The minimum atomic E-state index is 0.721. The van der Waals surface area contributed by atoms with Gasteiger partial charge in [0.15, 0.2) is 0 Å². The van der Waals surface area contributed by atoms with Crippen LogP contribution in [0.1, 0.15) is 0 Å². The Hall–Kier alpha value is -0.620. The fraction of sp³-hybridized carbons (Fsp3) is 0. The van der Waals surface area contributed by atoms with Crippen molar-refractivity contribution in [3.63, 3.8) is 0 Å². The van der Waals surface area contributed by atoms with Gasteiger partial charge >= 0.3 is 0 Å². The summed E-state index contributed by atoms with van der Waals surface area (Å²) in [6, 6.07) is 0. The zero-order valence-electron chi connectivity index (χ0n) is 4.26. The maximum Gasteiger partial charge on any atom is 0.145 e. The summed E-state index contributed by atoms with van der Waals surface area (Å²) >= 11 is 5.56. The van der Waals surface area contributed by atoms with Crippen LogP contribution in [-0.4, -0.2) is 0 Å². The summed E-state index contributed by atoms with van der Waals surface area (Å²) in [6.45, 7) is 5.37. The molecular formula is C7H5Cl. The molecule has 0 heterocycles. The van der Waals surface area contributed by atoms with Crippen LogP contribution in [0.2, 0.25) is 0 Å². The van der Waals surface area contributed by atoms with Crippen molar-refractivity contribution in [1.29, 1.82) is 0 Å². The van der Waals surface area contributed by atoms with E-state index in [1.807, 2.05) is 0 Å². The lowest BCUT2D eigenvalue weighted by atomic mass is 10.1. The zero-order valence-corrected chi connectivity index (χ0v) is 5.02. The van der Waals surface area contributed by atoms with E-state index in [4.69, 9.17) is 18.2 Å². The second-order valence-electron chi connectivity index (χ2n) is 1.55. The molecule has 0 saturated heterocycles. The molecule has 1 aliphatic carbocycles. The van der Waals surface area contributed by atoms with Gasteiger partial charge in [0.05, 0.1) is 12.2 Å². The molecule has 0 aromatic rings. The van der Waals surface area contributed by atoms with Crippen molar-refractivity contribution in [3.8, 4) is 0 Å². The molecule has 0 aliphatic heterocycles. The Morgan fingerprint density at radius 3 is 2.25 bits per heavy atom. The molecular weight excluding hydrogens is 120 g/mol. The molecule has 8 heavy (non-hydrogen) atoms. The number of rotatable bonds is 0. The largest absolute Gasteiger partial charge is 0.164 e. The highest BCUT2D eigenvalue weighted by Crippen LogP contribution is 2.16. The molecule has 0 spiro atoms. The van der Waals surface area contributed by atoms with Gasteiger partial charge in [-0.05, 0) is 11.6 Å². The first-order valence-corrected chi connectivity index (χ1v) is 2.68. The first-order chi connectivity index (χ1) is 3.79. The van der Waals surface area contributed by atoms with Crippen LogP contribution >= 0.6 is 11.6 Å². The lowest BCUT2D eigenvalue weighted by Crippen LogP contribution is -1.81. The van der Waals surface area contributed by atoms with Crippen molar-refractivity contribution in [2.45, 2.75) is 0 Å². The Kier molecular flexibility index (Phi) is 1.45. The van der Waals surface area contributed by atoms with Crippen LogP contribution in [0.3, 0.4) is 0 Å². The fourth-order valence-corrected chi connectivity index (χ4v) is 0.589. The molecule has 0 unspecified atom stereocenters. The van der Waals surface area contributed by atoms with Crippen molar-refractivity contribution in [2.75, 3.05) is 0 Å². The Balaban J connectivity index is 2.68. The molecule has 1 heteroatoms. The van der Waals surface area contributed by atoms with Gasteiger partial charge < -0.3 is 0 Å². The van der Waals surface area contributed by atoms with E-state index in [1.165, 1.54) is 0 Å². The summed E-state index contributed by atoms with van der Waals surface area (Å²) in [7, 11) is 0. The van der Waals surface area contributed by atoms with Gasteiger partial charge in [0, 0.05) is 17.7 Å². The SMILES string of the molecule is [CH-]=C1C=C[C+](Cl)C=C1. The molecule has 40 valence electrons. The van der Waals surface area contributed by atoms with Crippen molar-refractivity contribution in [3.05, 3.63) is 41.8 Å². The summed E-state index contributed by atoms with van der Waals surface area (Å²) in [5.41, 5.74) is 0.745. The maximum atomic E-state index is 5.56. The van der Waals surface area contributed by atoms with Crippen molar-refractivity contribution < 1.29 is 0 Å². The van der Waals surface area contributed by atoms with Crippen molar-refractivity contribution >= 4 is 11.6 Å². The predicted octanol–water partition coefficient (Wildman–Crippen LogP) is 2.24. The summed E-state index contributed by atoms with van der Waals surface area (Å²) in [5, 5.41) is 0.721. The third-order valence-electron chi connectivity index (χ3n) is 0.870. The standard InChI is InChI=1S/C7H5Cl/c1-6-2-4-7(8)5-3-6/h1-5H. The van der Waals surface area contributed by atoms with Gasteiger partial charge in [0.1, 0.15) is 5.38 Å². The van der Waals surface area contributed by atoms with Crippen molar-refractivity contribution in [1.82, 2.24) is 0 Å². The molecule has 0 amide bonds. The van der Waals surface area contributed by atoms with E-state index >= 15 is 0 Å². The minimum absolute atomic E-state index is 0.721. The van der Waals surface area contributed by atoms with Crippen LogP contribution in [-0.2, 0) is 0 Å². The van der Waals surface area contributed by atoms with Gasteiger partial charge in [-0.1, -0.05) is 0 Å². The van der Waals surface area contributed by atoms with Gasteiger partial charge in [-0.25, -0.2) is 0 Å². The van der Waals surface area contributed by atoms with Gasteiger partial charge in [-0.2, -0.15) is 6.58 Å². The highest BCUT2D eigenvalue weighted by atomic mass is 35.5. The third kappa shape index (κ3) is 1.17. The van der Waals surface area contributed by atoms with E-state index in [2.05, 4.69) is 0 Å². The van der Waals surface area contributed by atoms with Gasteiger partial charge in [0.2, 0.25) is 0 Å². The van der Waals surface area contributed by atoms with Gasteiger partial charge in [0.25, 0.3) is 0 Å². The lowest BCUT2D eigenvalue weighted by molar-refractivity contribution is 1.53. The van der Waals surface area contributed by atoms with Crippen LogP contribution in [0.25, 0.3) is 0 Å². The van der Waals surface area contributed by atoms with E-state index in [0.717, 1.165) is 11.0 Å². The molecule has 0 fully saturated rings. The topological polar surface area (TPSA) is 0 Å². The zero-order chi connectivity index (χ0) is 5.98. The Bertz CT molecular complexity index is 138. The predicted molar refractivity (Wildman–Crippen MR) is 35.2 cm³/mol. The van der Waals surface area contributed by atoms with E-state index < -0.39 is 0 Å². The summed E-state index contributed by atoms with van der Waals surface area (Å²) < 4.78 is 0. The third-order valence-corrected chi connectivity index (χ3v) is 1.12. The first kappa shape index (κ1) is 5.52. The summed E-state index contributed by atoms with van der Waals surface area (Å²) in [4.78, 5) is 0. The number of allylic oxidation sites excluding steroid dienone is 5. The maximum absolute atomic E-state index is 5.56. The molecule has 0 radical (unpaired) electrons. The first-order valence-electron chi connectivity index (χ1n) is 2.30. The molecule has 1 aliphatic rings. The van der Waals surface area contributed by atoms with E-state index in [1.54, 1.807) is 24.3 Å². The Labute approximate surface area is 54.2 Å². The number of halogens is 1. The normalized spacial score (nSPS) is 17.6. The van der Waals surface area contributed by atoms with Crippen LogP contribution in [0, 0.1) is 12.0 Å². The van der Waals surface area contributed by atoms with Crippen LogP contribution < -0.4 is 0 Å². The molecule has 0 atom stereocenters. The lowest BCUT2D eigenvalue weighted by Gasteiger charge is -1.91. The number of hydrogen-bond donors (Lipinski definition) is 0. The minimum Gasteiger partial charge on any atom is -0.164 e. The molecule has 0 aromatic carbocycles. The molecule has 0 N–H and O–H groups in total. The van der Waals surface area contributed by atoms with Gasteiger partial charge in [-0.3, -0.25) is 0 Å².